The molecule has 1 aliphatic heterocycles. The Balaban J connectivity index is 1.52. The highest BCUT2D eigenvalue weighted by molar-refractivity contribution is 7.92. The highest BCUT2D eigenvalue weighted by atomic mass is 32.2. The van der Waals surface area contributed by atoms with E-state index in [1.165, 1.54) is 11.8 Å². The maximum absolute atomic E-state index is 14.5. The number of benzene rings is 3. The Labute approximate surface area is 265 Å². The Morgan fingerprint density at radius 3 is 2.40 bits per heavy atom. The van der Waals surface area contributed by atoms with E-state index in [-0.39, 0.29) is 43.1 Å². The molecule has 0 aromatic heterocycles. The van der Waals surface area contributed by atoms with Crippen molar-refractivity contribution in [3.05, 3.63) is 83.9 Å². The molecule has 11 heteroatoms. The summed E-state index contributed by atoms with van der Waals surface area (Å²) >= 11 is 0. The van der Waals surface area contributed by atoms with Crippen molar-refractivity contribution >= 4 is 27.5 Å². The van der Waals surface area contributed by atoms with E-state index >= 15 is 0 Å². The largest absolute Gasteiger partial charge is 0.497 e. The predicted octanol–water partition coefficient (Wildman–Crippen LogP) is 4.67. The lowest BCUT2D eigenvalue weighted by Crippen LogP contribution is -2.55. The number of anilines is 1. The number of ether oxygens (including phenoxy) is 3. The molecule has 1 N–H and O–H groups in total. The average molecular weight is 636 g/mol. The van der Waals surface area contributed by atoms with Crippen LogP contribution in [0.4, 0.5) is 5.69 Å². The van der Waals surface area contributed by atoms with E-state index in [1.807, 2.05) is 54.6 Å². The molecule has 240 valence electrons. The lowest BCUT2D eigenvalue weighted by atomic mass is 9.94. The fourth-order valence-electron chi connectivity index (χ4n) is 5.83. The van der Waals surface area contributed by atoms with Crippen molar-refractivity contribution in [2.75, 3.05) is 30.5 Å². The van der Waals surface area contributed by atoms with Crippen LogP contribution in [0.25, 0.3) is 0 Å². The molecule has 3 aromatic rings. The van der Waals surface area contributed by atoms with Crippen molar-refractivity contribution in [1.82, 2.24) is 10.2 Å². The molecular formula is C34H41N3O7S. The number of carbonyl (C=O) groups excluding carboxylic acids is 2. The number of fused-ring (bicyclic) bond motifs is 1. The van der Waals surface area contributed by atoms with Crippen molar-refractivity contribution in [2.24, 2.45) is 0 Å². The number of sulfonamides is 1. The lowest BCUT2D eigenvalue weighted by Gasteiger charge is -2.35. The highest BCUT2D eigenvalue weighted by Gasteiger charge is 2.35. The molecule has 2 amide bonds. The molecule has 10 nitrogen and oxygen atoms in total. The lowest BCUT2D eigenvalue weighted by molar-refractivity contribution is -0.140. The third-order valence-electron chi connectivity index (χ3n) is 8.33. The molecule has 1 aliphatic carbocycles. The van der Waals surface area contributed by atoms with E-state index < -0.39 is 28.5 Å². The zero-order chi connectivity index (χ0) is 31.8. The van der Waals surface area contributed by atoms with Gasteiger partial charge in [-0.25, -0.2) is 8.42 Å². The summed E-state index contributed by atoms with van der Waals surface area (Å²) in [5.41, 5.74) is 1.92. The first kappa shape index (κ1) is 32.2. The second-order valence-corrected chi connectivity index (χ2v) is 13.5. The van der Waals surface area contributed by atoms with Gasteiger partial charge in [0.1, 0.15) is 18.3 Å². The van der Waals surface area contributed by atoms with Crippen LogP contribution < -0.4 is 23.8 Å². The first-order valence-corrected chi connectivity index (χ1v) is 17.0. The van der Waals surface area contributed by atoms with Crippen LogP contribution in [-0.4, -0.2) is 63.4 Å². The fourth-order valence-corrected chi connectivity index (χ4v) is 6.88. The summed E-state index contributed by atoms with van der Waals surface area (Å²) in [4.78, 5) is 30.1. The molecule has 0 radical (unpaired) electrons. The summed E-state index contributed by atoms with van der Waals surface area (Å²) in [5, 5.41) is 3.22. The number of hydrogen-bond donors (Lipinski definition) is 1. The van der Waals surface area contributed by atoms with Gasteiger partial charge in [0.15, 0.2) is 11.5 Å². The van der Waals surface area contributed by atoms with Gasteiger partial charge in [0, 0.05) is 25.1 Å². The number of carbonyl (C=O) groups is 2. The van der Waals surface area contributed by atoms with Gasteiger partial charge in [-0.1, -0.05) is 61.7 Å². The van der Waals surface area contributed by atoms with E-state index in [4.69, 9.17) is 14.2 Å². The molecule has 5 rings (SSSR count). The minimum atomic E-state index is -3.90. The monoisotopic (exact) mass is 635 g/mol. The van der Waals surface area contributed by atoms with Crippen LogP contribution in [0.5, 0.6) is 17.2 Å². The Kier molecular flexibility index (Phi) is 10.5. The first-order chi connectivity index (χ1) is 21.8. The number of methoxy groups -OCH3 is 1. The zero-order valence-electron chi connectivity index (χ0n) is 25.8. The summed E-state index contributed by atoms with van der Waals surface area (Å²) in [6.45, 7) is 1.14. The van der Waals surface area contributed by atoms with E-state index in [9.17, 15) is 18.0 Å². The molecule has 1 atom stereocenters. The summed E-state index contributed by atoms with van der Waals surface area (Å²) in [7, 11) is -2.34. The van der Waals surface area contributed by atoms with Crippen LogP contribution in [-0.2, 0) is 32.6 Å². The van der Waals surface area contributed by atoms with Gasteiger partial charge >= 0.3 is 0 Å². The molecule has 0 spiro atoms. The smallest absolute Gasteiger partial charge is 0.244 e. The van der Waals surface area contributed by atoms with Crippen LogP contribution in [0.2, 0.25) is 0 Å². The molecule has 0 bridgehead atoms. The molecule has 0 saturated heterocycles. The summed E-state index contributed by atoms with van der Waals surface area (Å²) in [5.74, 6) is 0.531. The van der Waals surface area contributed by atoms with Crippen molar-refractivity contribution in [1.29, 1.82) is 0 Å². The second-order valence-electron chi connectivity index (χ2n) is 11.4. The van der Waals surface area contributed by atoms with Gasteiger partial charge in [-0.15, -0.1) is 0 Å². The third-order valence-corrected chi connectivity index (χ3v) is 10.1. The molecule has 45 heavy (non-hydrogen) atoms. The molecule has 2 aliphatic rings. The average Bonchev–Trinajstić information content (AvgIpc) is 3.54. The van der Waals surface area contributed by atoms with Crippen LogP contribution in [0.1, 0.15) is 50.2 Å². The molecule has 3 aromatic carbocycles. The minimum Gasteiger partial charge on any atom is -0.497 e. The number of nitrogens with one attached hydrogen (secondary N) is 1. The molecule has 1 saturated carbocycles. The van der Waals surface area contributed by atoms with Crippen LogP contribution in [0.15, 0.2) is 72.8 Å². The third kappa shape index (κ3) is 8.08. The maximum atomic E-state index is 14.5. The zero-order valence-corrected chi connectivity index (χ0v) is 26.6. The predicted molar refractivity (Wildman–Crippen MR) is 172 cm³/mol. The number of hydrogen-bond acceptors (Lipinski definition) is 7. The van der Waals surface area contributed by atoms with Gasteiger partial charge in [0.2, 0.25) is 28.6 Å². The van der Waals surface area contributed by atoms with Crippen molar-refractivity contribution < 1.29 is 32.2 Å². The van der Waals surface area contributed by atoms with Crippen molar-refractivity contribution in [3.63, 3.8) is 0 Å². The second kappa shape index (κ2) is 14.7. The minimum absolute atomic E-state index is 0.0314. The van der Waals surface area contributed by atoms with Gasteiger partial charge in [-0.3, -0.25) is 13.9 Å². The summed E-state index contributed by atoms with van der Waals surface area (Å²) in [6.07, 6.45) is 5.27. The molecule has 1 fully saturated rings. The van der Waals surface area contributed by atoms with E-state index in [1.54, 1.807) is 25.3 Å². The van der Waals surface area contributed by atoms with E-state index in [0.717, 1.165) is 47.5 Å². The van der Waals surface area contributed by atoms with Crippen LogP contribution >= 0.6 is 0 Å². The van der Waals surface area contributed by atoms with E-state index in [2.05, 4.69) is 5.32 Å². The summed E-state index contributed by atoms with van der Waals surface area (Å²) < 4.78 is 44.3. The van der Waals surface area contributed by atoms with Crippen molar-refractivity contribution in [2.45, 2.75) is 64.1 Å². The Hall–Kier alpha value is -4.25. The standard InChI is InChI=1S/C34H41N3O7S/c1-3-45(40,41)37(28-17-18-31-32(21-28)44-24-43-31)23-33(38)36(22-26-13-10-16-29(19-26)42-2)30(20-25-11-6-4-7-12-25)34(39)35-27-14-8-5-9-15-27/h4,6-7,10-13,16-19,21,27,30H,3,5,8-9,14-15,20,22-24H2,1-2H3,(H,35,39). The van der Waals surface area contributed by atoms with Crippen LogP contribution in [0, 0.1) is 0 Å². The number of nitrogens with zero attached hydrogens (tertiary/aromatic N) is 2. The molecule has 1 heterocycles. The normalized spacial score (nSPS) is 15.2. The molecular weight excluding hydrogens is 594 g/mol. The topological polar surface area (TPSA) is 114 Å². The van der Waals surface area contributed by atoms with Gasteiger partial charge in [-0.05, 0) is 55.2 Å². The van der Waals surface area contributed by atoms with Crippen LogP contribution in [0.3, 0.4) is 0 Å². The van der Waals surface area contributed by atoms with Gasteiger partial charge < -0.3 is 24.4 Å². The van der Waals surface area contributed by atoms with Gasteiger partial charge in [0.25, 0.3) is 0 Å². The number of rotatable bonds is 13. The Bertz CT molecular complexity index is 1580. The highest BCUT2D eigenvalue weighted by Crippen LogP contribution is 2.36. The van der Waals surface area contributed by atoms with E-state index in [0.29, 0.717) is 17.2 Å². The number of amides is 2. The summed E-state index contributed by atoms with van der Waals surface area (Å²) in [6, 6.07) is 20.8. The maximum Gasteiger partial charge on any atom is 0.244 e. The Morgan fingerprint density at radius 2 is 1.67 bits per heavy atom. The Morgan fingerprint density at radius 1 is 0.933 bits per heavy atom. The quantitative estimate of drug-likeness (QED) is 0.290. The van der Waals surface area contributed by atoms with Crippen molar-refractivity contribution in [3.8, 4) is 17.2 Å². The fraction of sp³-hybridized carbons (Fsp3) is 0.412. The van der Waals surface area contributed by atoms with Gasteiger partial charge in [0.05, 0.1) is 18.6 Å². The van der Waals surface area contributed by atoms with Gasteiger partial charge in [-0.2, -0.15) is 0 Å². The molecule has 1 unspecified atom stereocenters. The SMILES string of the molecule is CCS(=O)(=O)N(CC(=O)N(Cc1cccc(OC)c1)C(Cc1ccccc1)C(=O)NC1CCCCC1)c1ccc2c(c1)OCO2. The first-order valence-electron chi connectivity index (χ1n) is 15.4.